The minimum absolute atomic E-state index is 0.00223. The van der Waals surface area contributed by atoms with Crippen molar-refractivity contribution in [3.63, 3.8) is 0 Å². The van der Waals surface area contributed by atoms with Crippen LogP contribution in [0.4, 0.5) is 5.69 Å². The first-order valence-electron chi connectivity index (χ1n) is 6.06. The van der Waals surface area contributed by atoms with Gasteiger partial charge in [-0.15, -0.1) is 0 Å². The van der Waals surface area contributed by atoms with Gasteiger partial charge in [-0.25, -0.2) is 21.6 Å². The minimum atomic E-state index is -3.78. The molecule has 0 saturated heterocycles. The molecule has 0 fully saturated rings. The van der Waals surface area contributed by atoms with Crippen molar-refractivity contribution in [3.8, 4) is 0 Å². The highest BCUT2D eigenvalue weighted by atomic mass is 79.9. The second kappa shape index (κ2) is 6.37. The Morgan fingerprint density at radius 3 is 1.68 bits per heavy atom. The van der Waals surface area contributed by atoms with Gasteiger partial charge in [0, 0.05) is 10.2 Å². The van der Waals surface area contributed by atoms with Crippen molar-refractivity contribution in [3.05, 3.63) is 53.0 Å². The van der Waals surface area contributed by atoms with Gasteiger partial charge in [0.2, 0.25) is 10.0 Å². The lowest BCUT2D eigenvalue weighted by molar-refractivity contribution is 0.587. The van der Waals surface area contributed by atoms with Crippen molar-refractivity contribution in [1.82, 2.24) is 4.72 Å². The van der Waals surface area contributed by atoms with Crippen molar-refractivity contribution >= 4 is 41.7 Å². The monoisotopic (exact) mass is 404 g/mol. The molecule has 0 aromatic heterocycles. The van der Waals surface area contributed by atoms with Gasteiger partial charge < -0.3 is 0 Å². The van der Waals surface area contributed by atoms with Gasteiger partial charge in [0.1, 0.15) is 0 Å². The van der Waals surface area contributed by atoms with Crippen LogP contribution in [0.5, 0.6) is 0 Å². The molecule has 0 heterocycles. The molecule has 0 aliphatic rings. The summed E-state index contributed by atoms with van der Waals surface area (Å²) in [5.41, 5.74) is 0.412. The maximum atomic E-state index is 12.2. The lowest BCUT2D eigenvalue weighted by Gasteiger charge is -2.09. The zero-order valence-electron chi connectivity index (χ0n) is 11.4. The van der Waals surface area contributed by atoms with Crippen LogP contribution in [0.25, 0.3) is 0 Å². The second-order valence-electron chi connectivity index (χ2n) is 4.29. The Morgan fingerprint density at radius 2 is 1.23 bits per heavy atom. The summed E-state index contributed by atoms with van der Waals surface area (Å²) in [7, 11) is -6.08. The predicted molar refractivity (Wildman–Crippen MR) is 87.6 cm³/mol. The molecule has 9 heteroatoms. The summed E-state index contributed by atoms with van der Waals surface area (Å²) in [5, 5.41) is 0. The van der Waals surface area contributed by atoms with Crippen LogP contribution in [0.3, 0.4) is 0 Å². The number of halogens is 1. The Kier molecular flexibility index (Phi) is 4.90. The number of rotatable bonds is 5. The molecule has 2 rings (SSSR count). The summed E-state index contributed by atoms with van der Waals surface area (Å²) < 4.78 is 53.1. The van der Waals surface area contributed by atoms with Gasteiger partial charge in [0.15, 0.2) is 0 Å². The molecular weight excluding hydrogens is 392 g/mol. The first kappa shape index (κ1) is 16.9. The van der Waals surface area contributed by atoms with E-state index in [-0.39, 0.29) is 9.79 Å². The predicted octanol–water partition coefficient (Wildman–Crippen LogP) is 2.16. The highest BCUT2D eigenvalue weighted by Crippen LogP contribution is 2.20. The SMILES string of the molecule is CNS(=O)(=O)c1ccc(S(=O)(=O)Nc2ccc(Br)cc2)cc1. The van der Waals surface area contributed by atoms with E-state index >= 15 is 0 Å². The fraction of sp³-hybridized carbons (Fsp3) is 0.0769. The van der Waals surface area contributed by atoms with Crippen molar-refractivity contribution in [1.29, 1.82) is 0 Å². The largest absolute Gasteiger partial charge is 0.280 e. The fourth-order valence-electron chi connectivity index (χ4n) is 1.65. The number of nitrogens with one attached hydrogen (secondary N) is 2. The maximum absolute atomic E-state index is 12.2. The molecule has 2 aromatic carbocycles. The van der Waals surface area contributed by atoms with E-state index in [2.05, 4.69) is 25.4 Å². The molecule has 0 spiro atoms. The van der Waals surface area contributed by atoms with E-state index < -0.39 is 20.0 Å². The van der Waals surface area contributed by atoms with Gasteiger partial charge in [0.05, 0.1) is 9.79 Å². The van der Waals surface area contributed by atoms with Gasteiger partial charge in [-0.2, -0.15) is 0 Å². The van der Waals surface area contributed by atoms with Crippen molar-refractivity contribution in [2.24, 2.45) is 0 Å². The number of anilines is 1. The third-order valence-electron chi connectivity index (χ3n) is 2.81. The summed E-state index contributed by atoms with van der Waals surface area (Å²) >= 11 is 3.26. The van der Waals surface area contributed by atoms with Crippen LogP contribution in [0.1, 0.15) is 0 Å². The first-order valence-corrected chi connectivity index (χ1v) is 9.82. The third-order valence-corrected chi connectivity index (χ3v) is 6.17. The summed E-state index contributed by atoms with van der Waals surface area (Å²) in [6.07, 6.45) is 0. The fourth-order valence-corrected chi connectivity index (χ4v) is 3.70. The van der Waals surface area contributed by atoms with Gasteiger partial charge in [-0.3, -0.25) is 4.72 Å². The van der Waals surface area contributed by atoms with Crippen LogP contribution in [0.15, 0.2) is 62.8 Å². The number of sulfonamides is 2. The van der Waals surface area contributed by atoms with Crippen molar-refractivity contribution in [2.45, 2.75) is 9.79 Å². The van der Waals surface area contributed by atoms with Gasteiger partial charge >= 0.3 is 0 Å². The molecule has 0 saturated carbocycles. The molecule has 2 N–H and O–H groups in total. The average molecular weight is 405 g/mol. The Morgan fingerprint density at radius 1 is 0.773 bits per heavy atom. The Labute approximate surface area is 137 Å². The molecule has 0 bridgehead atoms. The zero-order valence-corrected chi connectivity index (χ0v) is 14.7. The molecule has 0 radical (unpaired) electrons. The summed E-state index contributed by atoms with van der Waals surface area (Å²) in [6.45, 7) is 0. The lowest BCUT2D eigenvalue weighted by Crippen LogP contribution is -2.19. The molecule has 118 valence electrons. The molecular formula is C13H13BrN2O4S2. The molecule has 6 nitrogen and oxygen atoms in total. The van der Waals surface area contributed by atoms with Crippen molar-refractivity contribution in [2.75, 3.05) is 11.8 Å². The summed E-state index contributed by atoms with van der Waals surface area (Å²) in [6, 6.07) is 11.6. The standard InChI is InChI=1S/C13H13BrN2O4S2/c1-15-21(17,18)12-6-8-13(9-7-12)22(19,20)16-11-4-2-10(14)3-5-11/h2-9,15-16H,1H3. The molecule has 0 atom stereocenters. The second-order valence-corrected chi connectivity index (χ2v) is 8.78. The van der Waals surface area contributed by atoms with Crippen LogP contribution in [-0.4, -0.2) is 23.9 Å². The topological polar surface area (TPSA) is 92.3 Å². The number of benzene rings is 2. The third kappa shape index (κ3) is 3.86. The number of hydrogen-bond acceptors (Lipinski definition) is 4. The Bertz CT molecular complexity index is 861. The molecule has 0 aliphatic carbocycles. The van der Waals surface area contributed by atoms with Crippen molar-refractivity contribution < 1.29 is 16.8 Å². The van der Waals surface area contributed by atoms with E-state index in [1.807, 2.05) is 0 Å². The maximum Gasteiger partial charge on any atom is 0.261 e. The summed E-state index contributed by atoms with van der Waals surface area (Å²) in [4.78, 5) is -0.0249. The zero-order chi connectivity index (χ0) is 16.4. The lowest BCUT2D eigenvalue weighted by atomic mass is 10.3. The van der Waals surface area contributed by atoms with Crippen LogP contribution >= 0.6 is 15.9 Å². The molecule has 0 amide bonds. The number of hydrogen-bond donors (Lipinski definition) is 2. The van der Waals surface area contributed by atoms with E-state index in [4.69, 9.17) is 0 Å². The molecule has 0 aliphatic heterocycles. The minimum Gasteiger partial charge on any atom is -0.280 e. The smallest absolute Gasteiger partial charge is 0.261 e. The molecule has 0 unspecified atom stereocenters. The summed E-state index contributed by atoms with van der Waals surface area (Å²) in [5.74, 6) is 0. The van der Waals surface area contributed by atoms with E-state index in [1.165, 1.54) is 31.3 Å². The normalized spacial score (nSPS) is 12.1. The average Bonchev–Trinajstić information content (AvgIpc) is 2.49. The van der Waals surface area contributed by atoms with Gasteiger partial charge in [-0.1, -0.05) is 15.9 Å². The van der Waals surface area contributed by atoms with Crippen LogP contribution in [0.2, 0.25) is 0 Å². The molecule has 22 heavy (non-hydrogen) atoms. The Hall–Kier alpha value is -1.42. The Balaban J connectivity index is 2.28. The first-order chi connectivity index (χ1) is 10.2. The van der Waals surface area contributed by atoms with Crippen LogP contribution in [0, 0.1) is 0 Å². The highest BCUT2D eigenvalue weighted by Gasteiger charge is 2.17. The van der Waals surface area contributed by atoms with Gasteiger partial charge in [0.25, 0.3) is 10.0 Å². The molecule has 2 aromatic rings. The van der Waals surface area contributed by atoms with E-state index in [0.717, 1.165) is 4.47 Å². The van der Waals surface area contributed by atoms with Crippen LogP contribution < -0.4 is 9.44 Å². The van der Waals surface area contributed by atoms with Gasteiger partial charge in [-0.05, 0) is 55.6 Å². The quantitative estimate of drug-likeness (QED) is 0.798. The highest BCUT2D eigenvalue weighted by molar-refractivity contribution is 9.10. The van der Waals surface area contributed by atoms with E-state index in [9.17, 15) is 16.8 Å². The van der Waals surface area contributed by atoms with Crippen LogP contribution in [-0.2, 0) is 20.0 Å². The van der Waals surface area contributed by atoms with E-state index in [0.29, 0.717) is 5.69 Å². The van der Waals surface area contributed by atoms with E-state index in [1.54, 1.807) is 24.3 Å².